The van der Waals surface area contributed by atoms with Crippen LogP contribution in [-0.4, -0.2) is 35.1 Å². The molecule has 1 aromatic heterocycles. The number of benzene rings is 1. The highest BCUT2D eigenvalue weighted by Crippen LogP contribution is 2.16. The first-order valence-corrected chi connectivity index (χ1v) is 8.85. The second-order valence-corrected chi connectivity index (χ2v) is 6.61. The fourth-order valence-corrected chi connectivity index (χ4v) is 2.56. The first-order valence-electron chi connectivity index (χ1n) is 7.25. The minimum absolute atomic E-state index is 0.0944. The van der Waals surface area contributed by atoms with Gasteiger partial charge < -0.3 is 5.32 Å². The third-order valence-corrected chi connectivity index (χ3v) is 4.58. The molecule has 0 fully saturated rings. The maximum Gasteiger partial charge on any atom is 0.242 e. The minimum Gasteiger partial charge on any atom is -0.309 e. The second kappa shape index (κ2) is 8.34. The summed E-state index contributed by atoms with van der Waals surface area (Å²) in [5.74, 6) is 0.409. The molecular weight excluding hydrogens is 330 g/mol. The predicted octanol–water partition coefficient (Wildman–Crippen LogP) is 3.92. The maximum absolute atomic E-state index is 12.3. The quantitative estimate of drug-likeness (QED) is 0.803. The van der Waals surface area contributed by atoms with Gasteiger partial charge >= 0.3 is 0 Å². The number of hydrogen-bond acceptors (Lipinski definition) is 4. The molecule has 0 bridgehead atoms. The molecular formula is C17H20ClN3OS. The van der Waals surface area contributed by atoms with Crippen molar-refractivity contribution in [3.8, 4) is 0 Å². The summed E-state index contributed by atoms with van der Waals surface area (Å²) in [6.45, 7) is 2.58. The summed E-state index contributed by atoms with van der Waals surface area (Å²) >= 11 is 7.50. The van der Waals surface area contributed by atoms with E-state index in [1.54, 1.807) is 23.9 Å². The standard InChI is InChI=1S/C17H20ClN3OS/c1-12(17(22)20-16-9-6-14(18)10-19-16)21(2)11-13-4-7-15(23-3)8-5-13/h4-10,12H,11H2,1-3H3,(H,19,20,22)/t12-/m1/s1. The first kappa shape index (κ1) is 17.8. The molecule has 23 heavy (non-hydrogen) atoms. The van der Waals surface area contributed by atoms with E-state index in [2.05, 4.69) is 40.8 Å². The first-order chi connectivity index (χ1) is 11.0. The van der Waals surface area contributed by atoms with Crippen molar-refractivity contribution in [2.24, 2.45) is 0 Å². The Morgan fingerprint density at radius 2 is 2.00 bits per heavy atom. The van der Waals surface area contributed by atoms with E-state index in [0.29, 0.717) is 17.4 Å². The monoisotopic (exact) mass is 349 g/mol. The van der Waals surface area contributed by atoms with Crippen LogP contribution in [0.15, 0.2) is 47.5 Å². The van der Waals surface area contributed by atoms with Crippen LogP contribution in [0.5, 0.6) is 0 Å². The van der Waals surface area contributed by atoms with Crippen LogP contribution < -0.4 is 5.32 Å². The minimum atomic E-state index is -0.271. The largest absolute Gasteiger partial charge is 0.309 e. The number of pyridine rings is 1. The van der Waals surface area contributed by atoms with E-state index in [1.165, 1.54) is 16.7 Å². The summed E-state index contributed by atoms with van der Waals surface area (Å²) in [6, 6.07) is 11.5. The topological polar surface area (TPSA) is 45.2 Å². The smallest absolute Gasteiger partial charge is 0.242 e. The fraction of sp³-hybridized carbons (Fsp3) is 0.294. The zero-order valence-electron chi connectivity index (χ0n) is 13.4. The van der Waals surface area contributed by atoms with Gasteiger partial charge in [0.15, 0.2) is 0 Å². The van der Waals surface area contributed by atoms with Crippen LogP contribution in [0.2, 0.25) is 5.02 Å². The highest BCUT2D eigenvalue weighted by molar-refractivity contribution is 7.98. The van der Waals surface area contributed by atoms with Crippen molar-refractivity contribution < 1.29 is 4.79 Å². The zero-order chi connectivity index (χ0) is 16.8. The van der Waals surface area contributed by atoms with Gasteiger partial charge in [-0.05, 0) is 50.1 Å². The van der Waals surface area contributed by atoms with E-state index >= 15 is 0 Å². The van der Waals surface area contributed by atoms with E-state index in [0.717, 1.165) is 0 Å². The molecule has 0 aliphatic heterocycles. The van der Waals surface area contributed by atoms with Crippen LogP contribution in [0.3, 0.4) is 0 Å². The van der Waals surface area contributed by atoms with Crippen LogP contribution in [0.25, 0.3) is 0 Å². The summed E-state index contributed by atoms with van der Waals surface area (Å²) in [6.07, 6.45) is 3.57. The summed E-state index contributed by atoms with van der Waals surface area (Å²) in [4.78, 5) is 19.6. The van der Waals surface area contributed by atoms with E-state index in [1.807, 2.05) is 18.9 Å². The third-order valence-electron chi connectivity index (χ3n) is 3.61. The van der Waals surface area contributed by atoms with Crippen molar-refractivity contribution in [3.05, 3.63) is 53.2 Å². The number of likely N-dealkylation sites (N-methyl/N-ethyl adjacent to an activating group) is 1. The number of nitrogens with zero attached hydrogens (tertiary/aromatic N) is 2. The van der Waals surface area contributed by atoms with Crippen LogP contribution in [0, 0.1) is 0 Å². The highest BCUT2D eigenvalue weighted by atomic mass is 35.5. The van der Waals surface area contributed by atoms with Crippen molar-refractivity contribution in [3.63, 3.8) is 0 Å². The Kier molecular flexibility index (Phi) is 6.45. The molecule has 1 atom stereocenters. The molecule has 0 aliphatic rings. The van der Waals surface area contributed by atoms with Crippen LogP contribution in [0.4, 0.5) is 5.82 Å². The van der Waals surface area contributed by atoms with Gasteiger partial charge in [0.25, 0.3) is 0 Å². The van der Waals surface area contributed by atoms with Gasteiger partial charge in [0, 0.05) is 17.6 Å². The molecule has 4 nitrogen and oxygen atoms in total. The molecule has 1 N–H and O–H groups in total. The summed E-state index contributed by atoms with van der Waals surface area (Å²) < 4.78 is 0. The number of hydrogen-bond donors (Lipinski definition) is 1. The lowest BCUT2D eigenvalue weighted by atomic mass is 10.2. The number of carbonyl (C=O) groups is 1. The summed E-state index contributed by atoms with van der Waals surface area (Å²) in [5.41, 5.74) is 1.18. The highest BCUT2D eigenvalue weighted by Gasteiger charge is 2.18. The lowest BCUT2D eigenvalue weighted by Gasteiger charge is -2.23. The van der Waals surface area contributed by atoms with Gasteiger partial charge in [-0.15, -0.1) is 11.8 Å². The molecule has 2 rings (SSSR count). The van der Waals surface area contributed by atoms with Crippen molar-refractivity contribution in [2.45, 2.75) is 24.4 Å². The average Bonchev–Trinajstić information content (AvgIpc) is 2.56. The van der Waals surface area contributed by atoms with Crippen molar-refractivity contribution in [1.82, 2.24) is 9.88 Å². The third kappa shape index (κ3) is 5.23. The Labute approximate surface area is 146 Å². The van der Waals surface area contributed by atoms with Gasteiger partial charge in [-0.1, -0.05) is 23.7 Å². The van der Waals surface area contributed by atoms with E-state index in [9.17, 15) is 4.79 Å². The van der Waals surface area contributed by atoms with Gasteiger partial charge in [0.05, 0.1) is 11.1 Å². The maximum atomic E-state index is 12.3. The Bertz CT molecular complexity index is 646. The Balaban J connectivity index is 1.93. The van der Waals surface area contributed by atoms with E-state index in [4.69, 9.17) is 11.6 Å². The Morgan fingerprint density at radius 3 is 2.57 bits per heavy atom. The van der Waals surface area contributed by atoms with Crippen LogP contribution in [-0.2, 0) is 11.3 Å². The Morgan fingerprint density at radius 1 is 1.30 bits per heavy atom. The van der Waals surface area contributed by atoms with Gasteiger partial charge in [-0.3, -0.25) is 9.69 Å². The number of anilines is 1. The zero-order valence-corrected chi connectivity index (χ0v) is 15.0. The number of carbonyl (C=O) groups excluding carboxylic acids is 1. The van der Waals surface area contributed by atoms with E-state index in [-0.39, 0.29) is 11.9 Å². The van der Waals surface area contributed by atoms with Gasteiger partial charge in [0.1, 0.15) is 5.82 Å². The predicted molar refractivity (Wildman–Crippen MR) is 97.0 cm³/mol. The molecule has 1 heterocycles. The summed E-state index contributed by atoms with van der Waals surface area (Å²) in [5, 5.41) is 3.34. The number of halogens is 1. The molecule has 6 heteroatoms. The van der Waals surface area contributed by atoms with E-state index < -0.39 is 0 Å². The Hall–Kier alpha value is -1.56. The molecule has 2 aromatic rings. The number of amides is 1. The number of rotatable bonds is 6. The lowest BCUT2D eigenvalue weighted by Crippen LogP contribution is -2.39. The summed E-state index contributed by atoms with van der Waals surface area (Å²) in [7, 11) is 1.93. The molecule has 0 spiro atoms. The SMILES string of the molecule is CSc1ccc(CN(C)[C@H](C)C(=O)Nc2ccc(Cl)cn2)cc1. The fourth-order valence-electron chi connectivity index (χ4n) is 2.04. The number of thioether (sulfide) groups is 1. The van der Waals surface area contributed by atoms with Crippen LogP contribution in [0.1, 0.15) is 12.5 Å². The molecule has 0 saturated carbocycles. The number of nitrogens with one attached hydrogen (secondary N) is 1. The molecule has 122 valence electrons. The average molecular weight is 350 g/mol. The van der Waals surface area contributed by atoms with Gasteiger partial charge in [0.2, 0.25) is 5.91 Å². The molecule has 0 aliphatic carbocycles. The molecule has 1 amide bonds. The van der Waals surface area contributed by atoms with Crippen molar-refractivity contribution in [2.75, 3.05) is 18.6 Å². The normalized spacial score (nSPS) is 12.2. The second-order valence-electron chi connectivity index (χ2n) is 5.29. The molecule has 0 saturated heterocycles. The lowest BCUT2D eigenvalue weighted by molar-refractivity contribution is -0.120. The molecule has 1 aromatic carbocycles. The molecule has 0 radical (unpaired) electrons. The van der Waals surface area contributed by atoms with Crippen molar-refractivity contribution >= 4 is 35.1 Å². The number of aromatic nitrogens is 1. The van der Waals surface area contributed by atoms with Gasteiger partial charge in [-0.2, -0.15) is 0 Å². The van der Waals surface area contributed by atoms with Crippen molar-refractivity contribution in [1.29, 1.82) is 0 Å². The van der Waals surface area contributed by atoms with Crippen LogP contribution >= 0.6 is 23.4 Å². The molecule has 0 unspecified atom stereocenters. The van der Waals surface area contributed by atoms with Gasteiger partial charge in [-0.25, -0.2) is 4.98 Å².